The molecular formula is C19H10Cl6N2O2. The summed E-state index contributed by atoms with van der Waals surface area (Å²) in [5, 5.41) is 5.65. The summed E-state index contributed by atoms with van der Waals surface area (Å²) in [6, 6.07) is 13.0. The predicted molar refractivity (Wildman–Crippen MR) is 122 cm³/mol. The molecule has 0 bridgehead atoms. The molecule has 0 radical (unpaired) electrons. The van der Waals surface area contributed by atoms with Gasteiger partial charge >= 0.3 is 6.03 Å². The number of carbonyl (C=O) groups excluding carboxylic acids is 1. The van der Waals surface area contributed by atoms with Gasteiger partial charge < -0.3 is 15.4 Å². The second kappa shape index (κ2) is 9.52. The van der Waals surface area contributed by atoms with Gasteiger partial charge in [0.05, 0.1) is 20.8 Å². The summed E-state index contributed by atoms with van der Waals surface area (Å²) in [4.78, 5) is 12.4. The Morgan fingerprint density at radius 1 is 0.724 bits per heavy atom. The van der Waals surface area contributed by atoms with Crippen LogP contribution in [0.2, 0.25) is 30.1 Å². The summed E-state index contributed by atoms with van der Waals surface area (Å²) in [5.41, 5.74) is 0.872. The minimum Gasteiger partial charge on any atom is -0.452 e. The molecule has 3 aromatic rings. The Kier molecular flexibility index (Phi) is 7.28. The van der Waals surface area contributed by atoms with Crippen molar-refractivity contribution in [2.45, 2.75) is 0 Å². The van der Waals surface area contributed by atoms with E-state index in [4.69, 9.17) is 74.3 Å². The van der Waals surface area contributed by atoms with Crippen LogP contribution in [-0.2, 0) is 0 Å². The van der Waals surface area contributed by atoms with Gasteiger partial charge in [-0.2, -0.15) is 0 Å². The average Bonchev–Trinajstić information content (AvgIpc) is 2.70. The van der Waals surface area contributed by atoms with Crippen molar-refractivity contribution in [2.24, 2.45) is 0 Å². The van der Waals surface area contributed by atoms with Crippen molar-refractivity contribution in [2.75, 3.05) is 10.6 Å². The molecule has 0 heterocycles. The molecule has 0 unspecified atom stereocenters. The van der Waals surface area contributed by atoms with Crippen molar-refractivity contribution in [3.05, 3.63) is 78.7 Å². The molecule has 0 aliphatic heterocycles. The molecule has 0 spiro atoms. The number of anilines is 2. The van der Waals surface area contributed by atoms with E-state index in [1.807, 2.05) is 6.07 Å². The van der Waals surface area contributed by atoms with E-state index < -0.39 is 6.03 Å². The summed E-state index contributed by atoms with van der Waals surface area (Å²) in [7, 11) is 0. The largest absolute Gasteiger partial charge is 0.452 e. The van der Waals surface area contributed by atoms with Crippen molar-refractivity contribution in [1.29, 1.82) is 0 Å². The van der Waals surface area contributed by atoms with Gasteiger partial charge in [0, 0.05) is 10.7 Å². The van der Waals surface area contributed by atoms with Gasteiger partial charge in [-0.15, -0.1) is 0 Å². The Bertz CT molecular complexity index is 1050. The minimum atomic E-state index is -0.507. The van der Waals surface area contributed by atoms with Gasteiger partial charge in [0.15, 0.2) is 11.5 Å². The third-order valence-electron chi connectivity index (χ3n) is 3.60. The van der Waals surface area contributed by atoms with Gasteiger partial charge in [0.1, 0.15) is 10.0 Å². The first kappa shape index (κ1) is 22.2. The number of benzene rings is 3. The van der Waals surface area contributed by atoms with Crippen LogP contribution in [0, 0.1) is 0 Å². The molecule has 0 aromatic heterocycles. The Balaban J connectivity index is 1.91. The lowest BCUT2D eigenvalue weighted by Crippen LogP contribution is -2.19. The highest BCUT2D eigenvalue weighted by Gasteiger charge is 2.22. The van der Waals surface area contributed by atoms with E-state index in [1.54, 1.807) is 30.3 Å². The molecule has 2 N–H and O–H groups in total. The quantitative estimate of drug-likeness (QED) is 0.271. The standard InChI is InChI=1S/C19H10Cl6N2O2/c20-9-6-7-12(29-18-16(24)14(22)13(21)15(23)17(18)25)11(8-9)27-19(28)26-10-4-2-1-3-5-10/h1-8H,(H2,26,27,28). The smallest absolute Gasteiger partial charge is 0.323 e. The van der Waals surface area contributed by atoms with Gasteiger partial charge in [0.2, 0.25) is 0 Å². The van der Waals surface area contributed by atoms with Crippen LogP contribution in [-0.4, -0.2) is 6.03 Å². The Morgan fingerprint density at radius 2 is 1.31 bits per heavy atom. The normalized spacial score (nSPS) is 10.6. The third kappa shape index (κ3) is 5.15. The number of nitrogens with one attached hydrogen (secondary N) is 2. The highest BCUT2D eigenvalue weighted by atomic mass is 35.5. The van der Waals surface area contributed by atoms with Crippen molar-refractivity contribution in [1.82, 2.24) is 0 Å². The summed E-state index contributed by atoms with van der Waals surface area (Å²) >= 11 is 36.6. The molecule has 0 saturated heterocycles. The lowest BCUT2D eigenvalue weighted by molar-refractivity contribution is 0.262. The molecule has 150 valence electrons. The Hall–Kier alpha value is -1.53. The molecule has 0 atom stereocenters. The molecule has 4 nitrogen and oxygen atoms in total. The van der Waals surface area contributed by atoms with E-state index in [0.717, 1.165) is 0 Å². The number of amides is 2. The number of hydrogen-bond acceptors (Lipinski definition) is 2. The first-order chi connectivity index (χ1) is 13.8. The molecule has 0 aliphatic rings. The summed E-state index contributed by atoms with van der Waals surface area (Å²) in [6.07, 6.45) is 0. The average molecular weight is 511 g/mol. The van der Waals surface area contributed by atoms with E-state index in [0.29, 0.717) is 10.7 Å². The number of para-hydroxylation sites is 1. The van der Waals surface area contributed by atoms with Crippen LogP contribution in [0.5, 0.6) is 11.5 Å². The fourth-order valence-electron chi connectivity index (χ4n) is 2.28. The number of halogens is 6. The fraction of sp³-hybridized carbons (Fsp3) is 0. The first-order valence-electron chi connectivity index (χ1n) is 7.89. The maximum absolute atomic E-state index is 12.4. The van der Waals surface area contributed by atoms with Gasteiger partial charge in [-0.1, -0.05) is 87.8 Å². The molecule has 0 saturated carbocycles. The van der Waals surface area contributed by atoms with Crippen LogP contribution in [0.15, 0.2) is 48.5 Å². The Labute approximate surface area is 196 Å². The molecule has 29 heavy (non-hydrogen) atoms. The molecule has 0 aliphatic carbocycles. The molecule has 3 aromatic carbocycles. The highest BCUT2D eigenvalue weighted by molar-refractivity contribution is 6.55. The van der Waals surface area contributed by atoms with Crippen LogP contribution < -0.4 is 15.4 Å². The topological polar surface area (TPSA) is 50.4 Å². The zero-order valence-electron chi connectivity index (χ0n) is 14.2. The first-order valence-corrected chi connectivity index (χ1v) is 10.2. The van der Waals surface area contributed by atoms with E-state index in [-0.39, 0.29) is 42.3 Å². The fourth-order valence-corrected chi connectivity index (χ4v) is 3.65. The maximum atomic E-state index is 12.4. The number of ether oxygens (including phenoxy) is 1. The van der Waals surface area contributed by atoms with Gasteiger partial charge in [0.25, 0.3) is 0 Å². The van der Waals surface area contributed by atoms with E-state index in [1.165, 1.54) is 12.1 Å². The number of carbonyl (C=O) groups is 1. The van der Waals surface area contributed by atoms with Crippen molar-refractivity contribution in [3.63, 3.8) is 0 Å². The van der Waals surface area contributed by atoms with Crippen LogP contribution in [0.4, 0.5) is 16.2 Å². The second-order valence-electron chi connectivity index (χ2n) is 5.59. The lowest BCUT2D eigenvalue weighted by Gasteiger charge is -2.16. The SMILES string of the molecule is O=C(Nc1ccccc1)Nc1cc(Cl)ccc1Oc1c(Cl)c(Cl)c(Cl)c(Cl)c1Cl. The second-order valence-corrected chi connectivity index (χ2v) is 7.91. The monoisotopic (exact) mass is 508 g/mol. The summed E-state index contributed by atoms with van der Waals surface area (Å²) in [5.74, 6) is 0.192. The minimum absolute atomic E-state index is 0.00683. The van der Waals surface area contributed by atoms with E-state index in [2.05, 4.69) is 10.6 Å². The zero-order valence-corrected chi connectivity index (χ0v) is 18.7. The predicted octanol–water partition coefficient (Wildman–Crippen LogP) is 9.04. The maximum Gasteiger partial charge on any atom is 0.323 e. The van der Waals surface area contributed by atoms with Crippen LogP contribution in [0.25, 0.3) is 0 Å². The third-order valence-corrected chi connectivity index (χ3v) is 6.08. The summed E-state index contributed by atoms with van der Waals surface area (Å²) in [6.45, 7) is 0. The molecule has 3 rings (SSSR count). The number of urea groups is 1. The Morgan fingerprint density at radius 3 is 1.93 bits per heavy atom. The van der Waals surface area contributed by atoms with E-state index >= 15 is 0 Å². The van der Waals surface area contributed by atoms with E-state index in [9.17, 15) is 4.79 Å². The van der Waals surface area contributed by atoms with Crippen molar-refractivity contribution in [3.8, 4) is 11.5 Å². The molecular weight excluding hydrogens is 501 g/mol. The van der Waals surface area contributed by atoms with Crippen LogP contribution in [0.1, 0.15) is 0 Å². The molecule has 0 fully saturated rings. The van der Waals surface area contributed by atoms with Gasteiger partial charge in [-0.25, -0.2) is 4.79 Å². The number of hydrogen-bond donors (Lipinski definition) is 2. The van der Waals surface area contributed by atoms with Crippen molar-refractivity contribution < 1.29 is 9.53 Å². The van der Waals surface area contributed by atoms with Gasteiger partial charge in [-0.05, 0) is 30.3 Å². The zero-order chi connectivity index (χ0) is 21.1. The number of rotatable bonds is 4. The molecule has 10 heteroatoms. The highest BCUT2D eigenvalue weighted by Crippen LogP contribution is 2.50. The van der Waals surface area contributed by atoms with Crippen LogP contribution >= 0.6 is 69.6 Å². The lowest BCUT2D eigenvalue weighted by atomic mass is 10.2. The van der Waals surface area contributed by atoms with Crippen LogP contribution in [0.3, 0.4) is 0 Å². The summed E-state index contributed by atoms with van der Waals surface area (Å²) < 4.78 is 5.80. The molecule has 2 amide bonds. The van der Waals surface area contributed by atoms with Gasteiger partial charge in [-0.3, -0.25) is 0 Å². The van der Waals surface area contributed by atoms with Crippen molar-refractivity contribution >= 4 is 87.0 Å².